The summed E-state index contributed by atoms with van der Waals surface area (Å²) in [6.07, 6.45) is 2.40. The molecule has 2 aromatic heterocycles. The predicted molar refractivity (Wildman–Crippen MR) is 71.9 cm³/mol. The molecule has 2 aromatic rings. The van der Waals surface area contributed by atoms with Crippen molar-refractivity contribution in [3.05, 3.63) is 18.2 Å². The number of aromatic nitrogens is 4. The molecule has 5 atom stereocenters. The molecule has 5 unspecified atom stereocenters. The Labute approximate surface area is 121 Å². The van der Waals surface area contributed by atoms with Crippen LogP contribution in [0.25, 0.3) is 5.65 Å². The quantitative estimate of drug-likeness (QED) is 0.728. The normalized spacial score (nSPS) is 36.0. The fraction of sp³-hybridized carbons (Fsp3) is 0.545. The van der Waals surface area contributed by atoms with Gasteiger partial charge in [-0.25, -0.2) is 14.5 Å². The topological polar surface area (TPSA) is 117 Å². The van der Waals surface area contributed by atoms with Crippen LogP contribution in [0.2, 0.25) is 0 Å². The van der Waals surface area contributed by atoms with Crippen molar-refractivity contribution in [1.29, 1.82) is 0 Å². The molecule has 2 saturated heterocycles. The van der Waals surface area contributed by atoms with E-state index in [0.717, 1.165) is 5.69 Å². The number of hydrogen-bond acceptors (Lipinski definition) is 8. The zero-order valence-electron chi connectivity index (χ0n) is 11.2. The zero-order chi connectivity index (χ0) is 14.6. The van der Waals surface area contributed by atoms with Gasteiger partial charge in [0.15, 0.2) is 11.5 Å². The number of nitrogens with two attached hydrogens (primary N) is 1. The van der Waals surface area contributed by atoms with Crippen LogP contribution in [0.4, 0.5) is 5.82 Å². The monoisotopic (exact) mass is 311 g/mol. The van der Waals surface area contributed by atoms with E-state index in [1.54, 1.807) is 10.7 Å². The standard InChI is InChI=1S/C11H14N5O4P/c1-5-8(19-7-3-18-21(17)20-9(5)7)6-2-13-11-10(12)14-4-15-16(6)11/h2,4-5,7-9,17H,3H2,1H3,(H2,12,14,15). The summed E-state index contributed by atoms with van der Waals surface area (Å²) in [4.78, 5) is 17.7. The van der Waals surface area contributed by atoms with E-state index in [1.807, 2.05) is 6.92 Å². The van der Waals surface area contributed by atoms with Gasteiger partial charge in [-0.2, -0.15) is 5.10 Å². The highest BCUT2D eigenvalue weighted by atomic mass is 31.2. The summed E-state index contributed by atoms with van der Waals surface area (Å²) in [5.74, 6) is 0.352. The first-order valence-corrected chi connectivity index (χ1v) is 7.66. The number of hydrogen-bond donors (Lipinski definition) is 2. The lowest BCUT2D eigenvalue weighted by molar-refractivity contribution is -0.0421. The van der Waals surface area contributed by atoms with E-state index in [2.05, 4.69) is 15.1 Å². The van der Waals surface area contributed by atoms with Gasteiger partial charge in [0.05, 0.1) is 18.5 Å². The number of imidazole rings is 1. The van der Waals surface area contributed by atoms with Crippen LogP contribution in [-0.2, 0) is 13.8 Å². The Kier molecular flexibility index (Phi) is 3.05. The molecule has 10 heteroatoms. The minimum Gasteiger partial charge on any atom is -0.381 e. The van der Waals surface area contributed by atoms with Gasteiger partial charge in [-0.15, -0.1) is 0 Å². The fourth-order valence-corrected chi connectivity index (χ4v) is 3.73. The third-order valence-corrected chi connectivity index (χ3v) is 4.69. The number of nitrogens with zero attached hydrogens (tertiary/aromatic N) is 4. The lowest BCUT2D eigenvalue weighted by Gasteiger charge is -2.28. The molecule has 0 amide bonds. The second-order valence-corrected chi connectivity index (χ2v) is 6.07. The number of rotatable bonds is 1. The molecule has 2 fully saturated rings. The summed E-state index contributed by atoms with van der Waals surface area (Å²) in [5, 5.41) is 4.18. The zero-order valence-corrected chi connectivity index (χ0v) is 12.1. The third-order valence-electron chi connectivity index (χ3n) is 3.89. The average molecular weight is 311 g/mol. The third kappa shape index (κ3) is 2.01. The summed E-state index contributed by atoms with van der Waals surface area (Å²) < 4.78 is 18.2. The summed E-state index contributed by atoms with van der Waals surface area (Å²) >= 11 is 0. The fourth-order valence-electron chi connectivity index (χ4n) is 2.86. The highest BCUT2D eigenvalue weighted by molar-refractivity contribution is 7.40. The smallest absolute Gasteiger partial charge is 0.330 e. The number of nitrogen functional groups attached to an aromatic ring is 1. The van der Waals surface area contributed by atoms with E-state index in [1.165, 1.54) is 6.33 Å². The summed E-state index contributed by atoms with van der Waals surface area (Å²) in [6.45, 7) is 2.33. The molecule has 2 aliphatic heterocycles. The van der Waals surface area contributed by atoms with E-state index in [4.69, 9.17) is 19.5 Å². The molecule has 3 N–H and O–H groups in total. The van der Waals surface area contributed by atoms with E-state index < -0.39 is 8.60 Å². The van der Waals surface area contributed by atoms with Crippen LogP contribution >= 0.6 is 8.60 Å². The second kappa shape index (κ2) is 4.82. The maximum atomic E-state index is 9.51. The van der Waals surface area contributed by atoms with Gasteiger partial charge < -0.3 is 24.4 Å². The minimum atomic E-state index is -1.81. The molecule has 0 bridgehead atoms. The molecular weight excluding hydrogens is 297 g/mol. The lowest BCUT2D eigenvalue weighted by atomic mass is 9.97. The SMILES string of the molecule is CC1C(c2cnc3c(N)ncnn23)OC2COP(O)OC21. The lowest BCUT2D eigenvalue weighted by Crippen LogP contribution is -2.34. The molecule has 0 aromatic carbocycles. The molecule has 112 valence electrons. The first-order valence-electron chi connectivity index (χ1n) is 6.53. The van der Waals surface area contributed by atoms with Crippen LogP contribution < -0.4 is 5.73 Å². The average Bonchev–Trinajstić information content (AvgIpc) is 3.02. The van der Waals surface area contributed by atoms with Gasteiger partial charge in [-0.05, 0) is 0 Å². The van der Waals surface area contributed by atoms with Crippen LogP contribution in [-0.4, -0.2) is 43.3 Å². The van der Waals surface area contributed by atoms with Crippen LogP contribution in [0.15, 0.2) is 12.5 Å². The van der Waals surface area contributed by atoms with E-state index in [0.29, 0.717) is 18.1 Å². The van der Waals surface area contributed by atoms with E-state index in [-0.39, 0.29) is 24.2 Å². The Morgan fingerprint density at radius 1 is 1.48 bits per heavy atom. The van der Waals surface area contributed by atoms with Gasteiger partial charge in [0.1, 0.15) is 24.6 Å². The van der Waals surface area contributed by atoms with Crippen molar-refractivity contribution >= 4 is 20.1 Å². The second-order valence-electron chi connectivity index (χ2n) is 5.12. The van der Waals surface area contributed by atoms with Gasteiger partial charge in [-0.3, -0.25) is 0 Å². The van der Waals surface area contributed by atoms with Gasteiger partial charge in [0, 0.05) is 5.92 Å². The summed E-state index contributed by atoms with van der Waals surface area (Å²) in [7, 11) is -1.81. The van der Waals surface area contributed by atoms with Crippen LogP contribution in [0.5, 0.6) is 0 Å². The maximum Gasteiger partial charge on any atom is 0.330 e. The first kappa shape index (κ1) is 13.3. The van der Waals surface area contributed by atoms with Gasteiger partial charge in [0.2, 0.25) is 0 Å². The van der Waals surface area contributed by atoms with Crippen molar-refractivity contribution in [2.75, 3.05) is 12.3 Å². The molecule has 0 spiro atoms. The van der Waals surface area contributed by atoms with Gasteiger partial charge in [0.25, 0.3) is 0 Å². The summed E-state index contributed by atoms with van der Waals surface area (Å²) in [5.41, 5.74) is 7.07. The largest absolute Gasteiger partial charge is 0.381 e. The molecule has 0 aliphatic carbocycles. The molecule has 2 aliphatic rings. The Hall–Kier alpha value is -1.38. The Balaban J connectivity index is 1.71. The highest BCUT2D eigenvalue weighted by Crippen LogP contribution is 2.49. The molecule has 4 heterocycles. The van der Waals surface area contributed by atoms with Gasteiger partial charge >= 0.3 is 8.60 Å². The highest BCUT2D eigenvalue weighted by Gasteiger charge is 2.48. The first-order chi connectivity index (χ1) is 10.1. The Morgan fingerprint density at radius 2 is 2.33 bits per heavy atom. The van der Waals surface area contributed by atoms with Gasteiger partial charge in [-0.1, -0.05) is 6.92 Å². The number of anilines is 1. The molecule has 21 heavy (non-hydrogen) atoms. The van der Waals surface area contributed by atoms with Crippen molar-refractivity contribution < 1.29 is 18.7 Å². The van der Waals surface area contributed by atoms with Crippen molar-refractivity contribution in [2.24, 2.45) is 5.92 Å². The molecule has 9 nitrogen and oxygen atoms in total. The molecule has 4 rings (SSSR count). The van der Waals surface area contributed by atoms with Crippen LogP contribution in [0.3, 0.4) is 0 Å². The van der Waals surface area contributed by atoms with E-state index >= 15 is 0 Å². The van der Waals surface area contributed by atoms with Crippen LogP contribution in [0.1, 0.15) is 18.7 Å². The maximum absolute atomic E-state index is 9.51. The van der Waals surface area contributed by atoms with Crippen molar-refractivity contribution in [2.45, 2.75) is 25.2 Å². The number of ether oxygens (including phenoxy) is 1. The minimum absolute atomic E-state index is 0.0344. The molecular formula is C11H14N5O4P. The summed E-state index contributed by atoms with van der Waals surface area (Å²) in [6, 6.07) is 0. The molecule has 0 saturated carbocycles. The van der Waals surface area contributed by atoms with Crippen LogP contribution in [0, 0.1) is 5.92 Å². The van der Waals surface area contributed by atoms with E-state index in [9.17, 15) is 4.89 Å². The Morgan fingerprint density at radius 3 is 3.19 bits per heavy atom. The Bertz CT molecular complexity index is 682. The number of fused-ring (bicyclic) bond motifs is 2. The van der Waals surface area contributed by atoms with Crippen molar-refractivity contribution in [3.63, 3.8) is 0 Å². The van der Waals surface area contributed by atoms with Crippen molar-refractivity contribution in [3.8, 4) is 0 Å². The predicted octanol–water partition coefficient (Wildman–Crippen LogP) is 0.417. The van der Waals surface area contributed by atoms with Crippen molar-refractivity contribution in [1.82, 2.24) is 19.6 Å². The molecule has 0 radical (unpaired) electrons.